The second-order valence-electron chi connectivity index (χ2n) is 6.37. The van der Waals surface area contributed by atoms with Crippen LogP contribution in [0.1, 0.15) is 36.2 Å². The Balaban J connectivity index is 1.70. The van der Waals surface area contributed by atoms with Crippen LogP contribution < -0.4 is 5.32 Å². The zero-order valence-electron chi connectivity index (χ0n) is 14.4. The number of aryl methyl sites for hydroxylation is 2. The Bertz CT molecular complexity index is 730. The van der Waals surface area contributed by atoms with Crippen molar-refractivity contribution in [2.75, 3.05) is 18.4 Å². The molecular weight excluding hydrogens is 322 g/mol. The molecule has 0 aliphatic carbocycles. The van der Waals surface area contributed by atoms with Gasteiger partial charge in [-0.1, -0.05) is 0 Å². The number of carbonyl (C=O) groups excluding carboxylic acids is 1. The molecule has 2 aromatic rings. The van der Waals surface area contributed by atoms with Crippen LogP contribution in [0.5, 0.6) is 0 Å². The molecule has 1 amide bonds. The molecule has 1 saturated heterocycles. The van der Waals surface area contributed by atoms with Crippen molar-refractivity contribution in [3.8, 4) is 0 Å². The predicted octanol–water partition coefficient (Wildman–Crippen LogP) is 3.09. The van der Waals surface area contributed by atoms with Crippen LogP contribution in [0, 0.1) is 19.8 Å². The van der Waals surface area contributed by atoms with Gasteiger partial charge in [0.05, 0.1) is 0 Å². The molecule has 1 unspecified atom stereocenters. The molecule has 1 aliphatic heterocycles. The number of hydrogen-bond acceptors (Lipinski definition) is 6. The fourth-order valence-electron chi connectivity index (χ4n) is 3.13. The molecule has 0 bridgehead atoms. The lowest BCUT2D eigenvalue weighted by atomic mass is 9.93. The summed E-state index contributed by atoms with van der Waals surface area (Å²) in [4.78, 5) is 28.0. The summed E-state index contributed by atoms with van der Waals surface area (Å²) in [6.07, 6.45) is 4.93. The standard InChI is InChI=1S/C17H23N5OS/c1-11-9-18-17(24-11)21-16-8-15(19-12(2)20-16)7-14-5-4-6-22(10-14)13(3)23/h8-9,14H,4-7,10H2,1-3H3,(H,18,19,20,21). The Morgan fingerprint density at radius 2 is 2.25 bits per heavy atom. The average molecular weight is 345 g/mol. The minimum Gasteiger partial charge on any atom is -0.343 e. The first-order chi connectivity index (χ1) is 11.5. The van der Waals surface area contributed by atoms with Gasteiger partial charge >= 0.3 is 0 Å². The summed E-state index contributed by atoms with van der Waals surface area (Å²) in [5.41, 5.74) is 1.02. The van der Waals surface area contributed by atoms with Gasteiger partial charge in [0.25, 0.3) is 0 Å². The van der Waals surface area contributed by atoms with Gasteiger partial charge in [-0.25, -0.2) is 15.0 Å². The summed E-state index contributed by atoms with van der Waals surface area (Å²) in [5.74, 6) is 2.17. The zero-order chi connectivity index (χ0) is 17.1. The van der Waals surface area contributed by atoms with Crippen molar-refractivity contribution in [3.63, 3.8) is 0 Å². The lowest BCUT2D eigenvalue weighted by molar-refractivity contribution is -0.130. The van der Waals surface area contributed by atoms with Crippen LogP contribution in [0.15, 0.2) is 12.3 Å². The van der Waals surface area contributed by atoms with Crippen LogP contribution in [0.4, 0.5) is 10.9 Å². The Morgan fingerprint density at radius 3 is 2.96 bits per heavy atom. The van der Waals surface area contributed by atoms with Crippen LogP contribution >= 0.6 is 11.3 Å². The summed E-state index contributed by atoms with van der Waals surface area (Å²) in [6.45, 7) is 7.29. The molecule has 2 aromatic heterocycles. The molecule has 7 heteroatoms. The summed E-state index contributed by atoms with van der Waals surface area (Å²) >= 11 is 1.61. The minimum atomic E-state index is 0.167. The Hall–Kier alpha value is -2.02. The van der Waals surface area contributed by atoms with Crippen LogP contribution in [-0.2, 0) is 11.2 Å². The average Bonchev–Trinajstić information content (AvgIpc) is 2.92. The first-order valence-corrected chi connectivity index (χ1v) is 9.11. The zero-order valence-corrected chi connectivity index (χ0v) is 15.2. The van der Waals surface area contributed by atoms with Crippen molar-refractivity contribution >= 4 is 28.2 Å². The number of amides is 1. The quantitative estimate of drug-likeness (QED) is 0.922. The van der Waals surface area contributed by atoms with Gasteiger partial charge in [-0.2, -0.15) is 0 Å². The van der Waals surface area contributed by atoms with Gasteiger partial charge < -0.3 is 10.2 Å². The van der Waals surface area contributed by atoms with E-state index in [1.54, 1.807) is 18.3 Å². The van der Waals surface area contributed by atoms with E-state index < -0.39 is 0 Å². The highest BCUT2D eigenvalue weighted by molar-refractivity contribution is 7.15. The Morgan fingerprint density at radius 1 is 1.42 bits per heavy atom. The normalized spacial score (nSPS) is 17.8. The predicted molar refractivity (Wildman–Crippen MR) is 95.6 cm³/mol. The van der Waals surface area contributed by atoms with Crippen molar-refractivity contribution in [2.24, 2.45) is 5.92 Å². The first kappa shape index (κ1) is 16.8. The number of nitrogens with one attached hydrogen (secondary N) is 1. The molecule has 24 heavy (non-hydrogen) atoms. The molecule has 0 radical (unpaired) electrons. The van der Waals surface area contributed by atoms with Gasteiger partial charge in [-0.15, -0.1) is 11.3 Å². The number of aromatic nitrogens is 3. The topological polar surface area (TPSA) is 71.0 Å². The number of carbonyl (C=O) groups is 1. The summed E-state index contributed by atoms with van der Waals surface area (Å²) in [6, 6.07) is 2.00. The Kier molecular flexibility index (Phi) is 5.08. The molecule has 0 spiro atoms. The molecule has 1 atom stereocenters. The molecule has 3 heterocycles. The van der Waals surface area contributed by atoms with Crippen molar-refractivity contribution in [3.05, 3.63) is 28.7 Å². The minimum absolute atomic E-state index is 0.167. The molecule has 0 saturated carbocycles. The Labute approximate surface area is 146 Å². The second kappa shape index (κ2) is 7.25. The largest absolute Gasteiger partial charge is 0.343 e. The highest BCUT2D eigenvalue weighted by atomic mass is 32.1. The van der Waals surface area contributed by atoms with Gasteiger partial charge in [0.2, 0.25) is 5.91 Å². The number of rotatable bonds is 4. The van der Waals surface area contributed by atoms with E-state index in [4.69, 9.17) is 0 Å². The van der Waals surface area contributed by atoms with Crippen LogP contribution in [0.25, 0.3) is 0 Å². The van der Waals surface area contributed by atoms with Crippen molar-refractivity contribution in [1.29, 1.82) is 0 Å². The lowest BCUT2D eigenvalue weighted by Gasteiger charge is -2.32. The molecule has 0 aromatic carbocycles. The lowest BCUT2D eigenvalue weighted by Crippen LogP contribution is -2.39. The van der Waals surface area contributed by atoms with Gasteiger partial charge in [-0.3, -0.25) is 4.79 Å². The maximum Gasteiger partial charge on any atom is 0.219 e. The second-order valence-corrected chi connectivity index (χ2v) is 7.60. The molecule has 1 fully saturated rings. The third-order valence-electron chi connectivity index (χ3n) is 4.21. The maximum atomic E-state index is 11.6. The van der Waals surface area contributed by atoms with E-state index >= 15 is 0 Å². The number of nitrogens with zero attached hydrogens (tertiary/aromatic N) is 4. The van der Waals surface area contributed by atoms with Gasteiger partial charge in [0, 0.05) is 42.8 Å². The van der Waals surface area contributed by atoms with Crippen molar-refractivity contribution < 1.29 is 4.79 Å². The molecule has 6 nitrogen and oxygen atoms in total. The first-order valence-electron chi connectivity index (χ1n) is 8.29. The number of likely N-dealkylation sites (tertiary alicyclic amines) is 1. The number of hydrogen-bond donors (Lipinski definition) is 1. The fraction of sp³-hybridized carbons (Fsp3) is 0.529. The number of anilines is 2. The van der Waals surface area contributed by atoms with E-state index in [1.807, 2.05) is 31.0 Å². The molecule has 1 N–H and O–H groups in total. The summed E-state index contributed by atoms with van der Waals surface area (Å²) in [5, 5.41) is 4.11. The highest BCUT2D eigenvalue weighted by Crippen LogP contribution is 2.24. The van der Waals surface area contributed by atoms with E-state index in [9.17, 15) is 4.79 Å². The molecule has 3 rings (SSSR count). The van der Waals surface area contributed by atoms with E-state index in [1.165, 1.54) is 0 Å². The van der Waals surface area contributed by atoms with Crippen molar-refractivity contribution in [1.82, 2.24) is 19.9 Å². The summed E-state index contributed by atoms with van der Waals surface area (Å²) in [7, 11) is 0. The smallest absolute Gasteiger partial charge is 0.219 e. The fourth-order valence-corrected chi connectivity index (χ4v) is 3.81. The van der Waals surface area contributed by atoms with Crippen LogP contribution in [0.3, 0.4) is 0 Å². The molecular formula is C17H23N5OS. The highest BCUT2D eigenvalue weighted by Gasteiger charge is 2.22. The maximum absolute atomic E-state index is 11.6. The SMILES string of the molecule is CC(=O)N1CCCC(Cc2cc(Nc3ncc(C)s3)nc(C)n2)C1. The van der Waals surface area contributed by atoms with E-state index in [0.717, 1.165) is 59.7 Å². The van der Waals surface area contributed by atoms with E-state index in [-0.39, 0.29) is 5.91 Å². The van der Waals surface area contributed by atoms with Crippen LogP contribution in [0.2, 0.25) is 0 Å². The van der Waals surface area contributed by atoms with Gasteiger partial charge in [-0.05, 0) is 39.0 Å². The number of piperidine rings is 1. The monoisotopic (exact) mass is 345 g/mol. The number of thiazole rings is 1. The van der Waals surface area contributed by atoms with Gasteiger partial charge in [0.15, 0.2) is 5.13 Å². The van der Waals surface area contributed by atoms with E-state index in [2.05, 4.69) is 20.3 Å². The molecule has 1 aliphatic rings. The van der Waals surface area contributed by atoms with Gasteiger partial charge in [0.1, 0.15) is 11.6 Å². The third-order valence-corrected chi connectivity index (χ3v) is 5.04. The van der Waals surface area contributed by atoms with Crippen LogP contribution in [-0.4, -0.2) is 38.8 Å². The van der Waals surface area contributed by atoms with Crippen molar-refractivity contribution in [2.45, 2.75) is 40.0 Å². The third kappa shape index (κ3) is 4.29. The summed E-state index contributed by atoms with van der Waals surface area (Å²) < 4.78 is 0. The van der Waals surface area contributed by atoms with E-state index in [0.29, 0.717) is 5.92 Å². The molecule has 128 valence electrons.